The average Bonchev–Trinajstić information content (AvgIpc) is 2.61. The minimum absolute atomic E-state index is 0.0416. The van der Waals surface area contributed by atoms with E-state index in [9.17, 15) is 13.5 Å². The van der Waals surface area contributed by atoms with Gasteiger partial charge in [0.15, 0.2) is 0 Å². The van der Waals surface area contributed by atoms with E-state index in [2.05, 4.69) is 19.6 Å². The molecular formula is C17H27NO3SSi. The van der Waals surface area contributed by atoms with E-state index in [0.29, 0.717) is 6.54 Å². The number of aliphatic hydroxyl groups excluding tert-OH is 1. The van der Waals surface area contributed by atoms with Crippen LogP contribution in [-0.4, -0.2) is 45.1 Å². The largest absolute Gasteiger partial charge is 0.391 e. The number of β-amino-alcohol motifs (C(OH)–C–C–N with tert-alkyl or cyclic N) is 1. The van der Waals surface area contributed by atoms with Gasteiger partial charge in [0.25, 0.3) is 0 Å². The van der Waals surface area contributed by atoms with Crippen LogP contribution in [0.1, 0.15) is 5.56 Å². The molecule has 2 atom stereocenters. The number of nitrogens with zero attached hydrogens (tertiary/aromatic N) is 1. The molecule has 0 bridgehead atoms. The van der Waals surface area contributed by atoms with Crippen LogP contribution in [0, 0.1) is 12.8 Å². The average molecular weight is 354 g/mol. The predicted molar refractivity (Wildman–Crippen MR) is 96.7 cm³/mol. The first-order chi connectivity index (χ1) is 10.6. The van der Waals surface area contributed by atoms with Gasteiger partial charge >= 0.3 is 0 Å². The summed E-state index contributed by atoms with van der Waals surface area (Å²) in [5, 5.41) is 10.5. The molecule has 0 radical (unpaired) electrons. The van der Waals surface area contributed by atoms with E-state index in [4.69, 9.17) is 0 Å². The van der Waals surface area contributed by atoms with Gasteiger partial charge in [0.05, 0.1) is 11.0 Å². The normalized spacial score (nSPS) is 23.7. The van der Waals surface area contributed by atoms with E-state index < -0.39 is 24.2 Å². The molecular weight excluding hydrogens is 326 g/mol. The lowest BCUT2D eigenvalue weighted by Crippen LogP contribution is -2.40. The van der Waals surface area contributed by atoms with Crippen LogP contribution >= 0.6 is 0 Å². The van der Waals surface area contributed by atoms with Crippen LogP contribution in [0.5, 0.6) is 0 Å². The molecule has 128 valence electrons. The lowest BCUT2D eigenvalue weighted by molar-refractivity contribution is 0.119. The number of hydrogen-bond donors (Lipinski definition) is 1. The third-order valence-electron chi connectivity index (χ3n) is 4.08. The first-order valence-electron chi connectivity index (χ1n) is 8.01. The summed E-state index contributed by atoms with van der Waals surface area (Å²) in [6.07, 6.45) is 3.22. The van der Waals surface area contributed by atoms with Crippen LogP contribution < -0.4 is 0 Å². The lowest BCUT2D eigenvalue weighted by atomic mass is 10.1. The monoisotopic (exact) mass is 353 g/mol. The highest BCUT2D eigenvalue weighted by Gasteiger charge is 2.32. The third-order valence-corrected chi connectivity index (χ3v) is 7.63. The van der Waals surface area contributed by atoms with Crippen molar-refractivity contribution in [2.75, 3.05) is 13.1 Å². The van der Waals surface area contributed by atoms with Crippen molar-refractivity contribution in [3.05, 3.63) is 42.0 Å². The van der Waals surface area contributed by atoms with Crippen LogP contribution in [0.4, 0.5) is 0 Å². The second kappa shape index (κ2) is 6.89. The highest BCUT2D eigenvalue weighted by atomic mass is 32.2. The van der Waals surface area contributed by atoms with Crippen molar-refractivity contribution >= 4 is 18.1 Å². The van der Waals surface area contributed by atoms with E-state index in [1.807, 2.05) is 19.1 Å². The standard InChI is InChI=1S/C17H27NO3SSi/c1-14-7-9-16(10-8-14)22(20,21)18-11-5-6-15(17(19)12-18)13-23(2,3)4/h5-10,15,17,19H,11-13H2,1-4H3/t15-,17-/m0/s1. The maximum Gasteiger partial charge on any atom is 0.243 e. The van der Waals surface area contributed by atoms with Gasteiger partial charge in [-0.1, -0.05) is 49.5 Å². The van der Waals surface area contributed by atoms with Crippen LogP contribution in [0.25, 0.3) is 0 Å². The molecule has 1 N–H and O–H groups in total. The molecule has 0 saturated heterocycles. The Labute approximate surface area is 140 Å². The summed E-state index contributed by atoms with van der Waals surface area (Å²) < 4.78 is 26.9. The molecule has 0 unspecified atom stereocenters. The second-order valence-corrected chi connectivity index (χ2v) is 15.0. The first-order valence-corrected chi connectivity index (χ1v) is 13.2. The topological polar surface area (TPSA) is 57.6 Å². The van der Waals surface area contributed by atoms with Crippen LogP contribution in [0.2, 0.25) is 25.7 Å². The van der Waals surface area contributed by atoms with E-state index >= 15 is 0 Å². The highest BCUT2D eigenvalue weighted by Crippen LogP contribution is 2.26. The molecule has 0 aliphatic carbocycles. The van der Waals surface area contributed by atoms with Gasteiger partial charge in [0.2, 0.25) is 10.0 Å². The van der Waals surface area contributed by atoms with Gasteiger partial charge in [-0.25, -0.2) is 8.42 Å². The van der Waals surface area contributed by atoms with Crippen molar-refractivity contribution in [2.45, 2.75) is 43.6 Å². The van der Waals surface area contributed by atoms with Crippen molar-refractivity contribution in [3.8, 4) is 0 Å². The van der Waals surface area contributed by atoms with Gasteiger partial charge in [-0.05, 0) is 25.1 Å². The Morgan fingerprint density at radius 3 is 2.39 bits per heavy atom. The number of hydrogen-bond acceptors (Lipinski definition) is 3. The summed E-state index contributed by atoms with van der Waals surface area (Å²) in [6.45, 7) is 9.18. The molecule has 2 rings (SSSR count). The van der Waals surface area contributed by atoms with Gasteiger partial charge in [0, 0.05) is 27.1 Å². The maximum atomic E-state index is 12.8. The fourth-order valence-corrected chi connectivity index (χ4v) is 6.10. The molecule has 0 fully saturated rings. The molecule has 1 aromatic carbocycles. The molecule has 23 heavy (non-hydrogen) atoms. The SMILES string of the molecule is Cc1ccc(S(=O)(=O)N2CC=C[C@@H](C[Si](C)(C)C)[C@@H](O)C2)cc1. The molecule has 1 heterocycles. The van der Waals surface area contributed by atoms with Crippen LogP contribution in [0.15, 0.2) is 41.3 Å². The lowest BCUT2D eigenvalue weighted by Gasteiger charge is -2.27. The van der Waals surface area contributed by atoms with Crippen LogP contribution in [-0.2, 0) is 10.0 Å². The Morgan fingerprint density at radius 1 is 1.22 bits per heavy atom. The van der Waals surface area contributed by atoms with E-state index in [0.717, 1.165) is 11.6 Å². The van der Waals surface area contributed by atoms with Crippen molar-refractivity contribution in [1.82, 2.24) is 4.31 Å². The minimum atomic E-state index is -3.57. The summed E-state index contributed by atoms with van der Waals surface area (Å²) in [5.41, 5.74) is 1.02. The molecule has 0 saturated carbocycles. The predicted octanol–water partition coefficient (Wildman–Crippen LogP) is 2.87. The van der Waals surface area contributed by atoms with E-state index in [1.54, 1.807) is 24.3 Å². The van der Waals surface area contributed by atoms with Gasteiger partial charge in [-0.15, -0.1) is 0 Å². The van der Waals surface area contributed by atoms with Crippen molar-refractivity contribution in [3.63, 3.8) is 0 Å². The smallest absolute Gasteiger partial charge is 0.243 e. The zero-order valence-corrected chi connectivity index (χ0v) is 16.2. The number of aliphatic hydroxyl groups is 1. The number of rotatable bonds is 4. The Hall–Kier alpha value is -0.953. The van der Waals surface area contributed by atoms with E-state index in [-0.39, 0.29) is 17.4 Å². The Bertz CT molecular complexity index is 662. The molecule has 1 aromatic rings. The first kappa shape index (κ1) is 18.4. The zero-order valence-electron chi connectivity index (χ0n) is 14.4. The Kier molecular flexibility index (Phi) is 5.50. The van der Waals surface area contributed by atoms with Gasteiger partial charge in [-0.3, -0.25) is 0 Å². The summed E-state index contributed by atoms with van der Waals surface area (Å²) in [5.74, 6) is 0.0416. The molecule has 0 aromatic heterocycles. The molecule has 1 aliphatic rings. The Morgan fingerprint density at radius 2 is 1.83 bits per heavy atom. The van der Waals surface area contributed by atoms with E-state index in [1.165, 1.54) is 4.31 Å². The molecule has 1 aliphatic heterocycles. The molecule has 4 nitrogen and oxygen atoms in total. The van der Waals surface area contributed by atoms with Gasteiger partial charge in [-0.2, -0.15) is 4.31 Å². The minimum Gasteiger partial charge on any atom is -0.391 e. The van der Waals surface area contributed by atoms with Crippen molar-refractivity contribution < 1.29 is 13.5 Å². The van der Waals surface area contributed by atoms with Gasteiger partial charge in [0.1, 0.15) is 0 Å². The van der Waals surface area contributed by atoms with Crippen molar-refractivity contribution in [2.24, 2.45) is 5.92 Å². The third kappa shape index (κ3) is 4.76. The number of benzene rings is 1. The van der Waals surface area contributed by atoms with Gasteiger partial charge < -0.3 is 5.11 Å². The summed E-state index contributed by atoms with van der Waals surface area (Å²) in [7, 11) is -4.89. The number of aryl methyl sites for hydroxylation is 1. The summed E-state index contributed by atoms with van der Waals surface area (Å²) in [4.78, 5) is 0.285. The second-order valence-electron chi connectivity index (χ2n) is 7.56. The number of sulfonamides is 1. The summed E-state index contributed by atoms with van der Waals surface area (Å²) in [6, 6.07) is 7.81. The quantitative estimate of drug-likeness (QED) is 0.669. The Balaban J connectivity index is 2.19. The molecule has 6 heteroatoms. The summed E-state index contributed by atoms with van der Waals surface area (Å²) >= 11 is 0. The zero-order chi connectivity index (χ0) is 17.3. The highest BCUT2D eigenvalue weighted by molar-refractivity contribution is 7.89. The maximum absolute atomic E-state index is 12.8. The van der Waals surface area contributed by atoms with Crippen molar-refractivity contribution in [1.29, 1.82) is 0 Å². The fourth-order valence-electron chi connectivity index (χ4n) is 2.87. The molecule has 0 spiro atoms. The fraction of sp³-hybridized carbons (Fsp3) is 0.529. The van der Waals surface area contributed by atoms with Crippen LogP contribution in [0.3, 0.4) is 0 Å². The molecule has 0 amide bonds.